The summed E-state index contributed by atoms with van der Waals surface area (Å²) in [6, 6.07) is 3.08. The van der Waals surface area contributed by atoms with Crippen molar-refractivity contribution in [2.45, 2.75) is 36.9 Å². The second-order valence-corrected chi connectivity index (χ2v) is 5.63. The summed E-state index contributed by atoms with van der Waals surface area (Å²) in [4.78, 5) is 0.921. The fourth-order valence-corrected chi connectivity index (χ4v) is 2.84. The zero-order chi connectivity index (χ0) is 14.2. The Morgan fingerprint density at radius 1 is 1.32 bits per heavy atom. The zero-order valence-corrected chi connectivity index (χ0v) is 12.3. The van der Waals surface area contributed by atoms with Crippen molar-refractivity contribution in [3.05, 3.63) is 34.9 Å². The highest BCUT2D eigenvalue weighted by Gasteiger charge is 2.15. The number of halogens is 1. The first kappa shape index (κ1) is 14.0. The third-order valence-electron chi connectivity index (χ3n) is 3.04. The third-order valence-corrected chi connectivity index (χ3v) is 4.15. The first-order valence-corrected chi connectivity index (χ1v) is 6.81. The Kier molecular flexibility index (Phi) is 3.91. The lowest BCUT2D eigenvalue weighted by Gasteiger charge is -2.13. The highest BCUT2D eigenvalue weighted by molar-refractivity contribution is 7.99. The van der Waals surface area contributed by atoms with E-state index >= 15 is 0 Å². The van der Waals surface area contributed by atoms with Crippen LogP contribution in [0.4, 0.5) is 4.39 Å². The van der Waals surface area contributed by atoms with Crippen molar-refractivity contribution in [1.82, 2.24) is 14.8 Å². The Hall–Kier alpha value is -1.40. The minimum atomic E-state index is -0.231. The van der Waals surface area contributed by atoms with Crippen LogP contribution in [0.3, 0.4) is 0 Å². The Balaban J connectivity index is 2.44. The Morgan fingerprint density at radius 2 is 2.00 bits per heavy atom. The molecule has 0 aliphatic carbocycles. The van der Waals surface area contributed by atoms with E-state index in [1.165, 1.54) is 17.8 Å². The Labute approximate surface area is 116 Å². The summed E-state index contributed by atoms with van der Waals surface area (Å²) in [6.45, 7) is 5.47. The molecule has 1 heterocycles. The van der Waals surface area contributed by atoms with Crippen LogP contribution in [-0.2, 0) is 7.05 Å². The molecule has 2 aromatic rings. The van der Waals surface area contributed by atoms with E-state index in [1.807, 2.05) is 31.5 Å². The van der Waals surface area contributed by atoms with Crippen LogP contribution in [0.5, 0.6) is 0 Å². The molecule has 4 nitrogen and oxygen atoms in total. The van der Waals surface area contributed by atoms with Gasteiger partial charge in [0.15, 0.2) is 5.16 Å². The summed E-state index contributed by atoms with van der Waals surface area (Å²) >= 11 is 1.46. The van der Waals surface area contributed by atoms with Crippen molar-refractivity contribution in [2.24, 2.45) is 12.8 Å². The fourth-order valence-electron chi connectivity index (χ4n) is 1.69. The average Bonchev–Trinajstić information content (AvgIpc) is 2.65. The first-order valence-electron chi connectivity index (χ1n) is 5.99. The van der Waals surface area contributed by atoms with Gasteiger partial charge in [-0.2, -0.15) is 0 Å². The second kappa shape index (κ2) is 5.30. The molecular weight excluding hydrogens is 263 g/mol. The summed E-state index contributed by atoms with van der Waals surface area (Å²) in [5.74, 6) is 0.606. The van der Waals surface area contributed by atoms with Gasteiger partial charge in [-0.25, -0.2) is 4.39 Å². The van der Waals surface area contributed by atoms with E-state index < -0.39 is 0 Å². The number of hydrogen-bond acceptors (Lipinski definition) is 4. The van der Waals surface area contributed by atoms with E-state index in [4.69, 9.17) is 5.73 Å². The fraction of sp³-hybridized carbons (Fsp3) is 0.385. The summed E-state index contributed by atoms with van der Waals surface area (Å²) in [6.07, 6.45) is 0. The summed E-state index contributed by atoms with van der Waals surface area (Å²) in [5.41, 5.74) is 7.30. The van der Waals surface area contributed by atoms with Crippen LogP contribution in [-0.4, -0.2) is 14.8 Å². The SMILES string of the molecule is Cc1cc(Sc2nnc(C)n2C)c(C(C)N)cc1F. The van der Waals surface area contributed by atoms with Gasteiger partial charge in [0, 0.05) is 18.0 Å². The maximum Gasteiger partial charge on any atom is 0.195 e. The lowest BCUT2D eigenvalue weighted by molar-refractivity contribution is 0.610. The van der Waals surface area contributed by atoms with Gasteiger partial charge in [-0.15, -0.1) is 10.2 Å². The molecule has 0 spiro atoms. The van der Waals surface area contributed by atoms with Crippen molar-refractivity contribution in [3.63, 3.8) is 0 Å². The Bertz CT molecular complexity index is 607. The standard InChI is InChI=1S/C13H17FN4S/c1-7-5-12(10(8(2)15)6-11(7)14)19-13-17-16-9(3)18(13)4/h5-6,8H,15H2,1-4H3. The Morgan fingerprint density at radius 3 is 2.53 bits per heavy atom. The lowest BCUT2D eigenvalue weighted by Crippen LogP contribution is -2.08. The van der Waals surface area contributed by atoms with Crippen LogP contribution in [0, 0.1) is 19.7 Å². The number of benzene rings is 1. The van der Waals surface area contributed by atoms with Crippen LogP contribution in [0.2, 0.25) is 0 Å². The largest absolute Gasteiger partial charge is 0.324 e. The van der Waals surface area contributed by atoms with Crippen LogP contribution in [0.25, 0.3) is 0 Å². The molecule has 0 radical (unpaired) electrons. The molecule has 0 aliphatic heterocycles. The van der Waals surface area contributed by atoms with E-state index in [0.29, 0.717) is 5.56 Å². The lowest BCUT2D eigenvalue weighted by atomic mass is 10.1. The monoisotopic (exact) mass is 280 g/mol. The molecular formula is C13H17FN4S. The first-order chi connectivity index (χ1) is 8.90. The van der Waals surface area contributed by atoms with Gasteiger partial charge in [-0.3, -0.25) is 0 Å². The van der Waals surface area contributed by atoms with Gasteiger partial charge in [-0.1, -0.05) is 0 Å². The van der Waals surface area contributed by atoms with Crippen molar-refractivity contribution in [3.8, 4) is 0 Å². The molecule has 102 valence electrons. The highest BCUT2D eigenvalue weighted by Crippen LogP contribution is 2.33. The molecule has 2 N–H and O–H groups in total. The molecule has 1 aromatic heterocycles. The van der Waals surface area contributed by atoms with Crippen molar-refractivity contribution >= 4 is 11.8 Å². The van der Waals surface area contributed by atoms with Gasteiger partial charge < -0.3 is 10.3 Å². The number of aryl methyl sites for hydroxylation is 2. The van der Waals surface area contributed by atoms with Crippen LogP contribution in [0.1, 0.15) is 29.9 Å². The molecule has 0 bridgehead atoms. The van der Waals surface area contributed by atoms with E-state index in [0.717, 1.165) is 21.4 Å². The molecule has 1 atom stereocenters. The molecule has 0 amide bonds. The molecule has 6 heteroatoms. The van der Waals surface area contributed by atoms with Gasteiger partial charge in [0.2, 0.25) is 0 Å². The third kappa shape index (κ3) is 2.79. The molecule has 0 fully saturated rings. The summed E-state index contributed by atoms with van der Waals surface area (Å²) < 4.78 is 15.5. The molecule has 1 unspecified atom stereocenters. The number of nitrogens with two attached hydrogens (primary N) is 1. The van der Waals surface area contributed by atoms with Crippen molar-refractivity contribution in [1.29, 1.82) is 0 Å². The minimum Gasteiger partial charge on any atom is -0.324 e. The van der Waals surface area contributed by atoms with Gasteiger partial charge in [0.1, 0.15) is 11.6 Å². The second-order valence-electron chi connectivity index (χ2n) is 4.62. The quantitative estimate of drug-likeness (QED) is 0.939. The van der Waals surface area contributed by atoms with E-state index in [9.17, 15) is 4.39 Å². The van der Waals surface area contributed by atoms with E-state index in [2.05, 4.69) is 10.2 Å². The summed E-state index contributed by atoms with van der Waals surface area (Å²) in [7, 11) is 1.90. The highest BCUT2D eigenvalue weighted by atomic mass is 32.2. The van der Waals surface area contributed by atoms with Crippen molar-refractivity contribution < 1.29 is 4.39 Å². The maximum absolute atomic E-state index is 13.6. The topological polar surface area (TPSA) is 56.7 Å². The number of aromatic nitrogens is 3. The van der Waals surface area contributed by atoms with Crippen molar-refractivity contribution in [2.75, 3.05) is 0 Å². The predicted octanol–water partition coefficient (Wildman–Crippen LogP) is 2.74. The normalized spacial score (nSPS) is 12.7. The van der Waals surface area contributed by atoms with E-state index in [-0.39, 0.29) is 11.9 Å². The number of nitrogens with zero attached hydrogens (tertiary/aromatic N) is 3. The average molecular weight is 280 g/mol. The minimum absolute atomic E-state index is 0.230. The molecule has 2 rings (SSSR count). The van der Waals surface area contributed by atoms with E-state index in [1.54, 1.807) is 6.92 Å². The van der Waals surface area contributed by atoms with Gasteiger partial charge >= 0.3 is 0 Å². The molecule has 19 heavy (non-hydrogen) atoms. The molecule has 0 aliphatic rings. The molecule has 0 saturated carbocycles. The van der Waals surface area contributed by atoms with Crippen LogP contribution < -0.4 is 5.73 Å². The molecule has 0 saturated heterocycles. The van der Waals surface area contributed by atoms with Crippen LogP contribution >= 0.6 is 11.8 Å². The van der Waals surface area contributed by atoms with Gasteiger partial charge in [0.05, 0.1) is 0 Å². The van der Waals surface area contributed by atoms with Crippen LogP contribution in [0.15, 0.2) is 22.2 Å². The van der Waals surface area contributed by atoms with Gasteiger partial charge in [-0.05, 0) is 55.8 Å². The number of rotatable bonds is 3. The number of hydrogen-bond donors (Lipinski definition) is 1. The molecule has 1 aromatic carbocycles. The summed E-state index contributed by atoms with van der Waals surface area (Å²) in [5, 5.41) is 8.89. The predicted molar refractivity (Wildman–Crippen MR) is 73.6 cm³/mol. The maximum atomic E-state index is 13.6. The van der Waals surface area contributed by atoms with Gasteiger partial charge in [0.25, 0.3) is 0 Å². The zero-order valence-electron chi connectivity index (χ0n) is 11.4. The smallest absolute Gasteiger partial charge is 0.195 e.